The average molecular weight is 444 g/mol. The van der Waals surface area contributed by atoms with Crippen LogP contribution in [0.5, 0.6) is 0 Å². The van der Waals surface area contributed by atoms with Crippen molar-refractivity contribution in [3.63, 3.8) is 0 Å². The van der Waals surface area contributed by atoms with E-state index in [0.29, 0.717) is 0 Å². The maximum atomic E-state index is 3.81. The molecule has 1 heterocycles. The quantitative estimate of drug-likeness (QED) is 0.506. The summed E-state index contributed by atoms with van der Waals surface area (Å²) in [5, 5.41) is 6.14. The van der Waals surface area contributed by atoms with Crippen LogP contribution in [-0.2, 0) is 6.42 Å². The van der Waals surface area contributed by atoms with E-state index in [9.17, 15) is 0 Å². The third kappa shape index (κ3) is 4.76. The topological polar surface area (TPSA) is 12.0 Å². The summed E-state index contributed by atoms with van der Waals surface area (Å²) < 4.78 is 0. The highest BCUT2D eigenvalue weighted by Gasteiger charge is 2.39. The molecular formula is C30H37NS. The first-order valence-electron chi connectivity index (χ1n) is 12.0. The zero-order valence-electron chi connectivity index (χ0n) is 20.3. The Hall–Kier alpha value is -2.19. The molecule has 0 atom stereocenters. The highest BCUT2D eigenvalue weighted by atomic mass is 32.2. The molecule has 0 spiro atoms. The van der Waals surface area contributed by atoms with Crippen LogP contribution in [0.25, 0.3) is 11.1 Å². The fourth-order valence-electron chi connectivity index (χ4n) is 5.11. The van der Waals surface area contributed by atoms with E-state index >= 15 is 0 Å². The zero-order chi connectivity index (χ0) is 22.8. The van der Waals surface area contributed by atoms with E-state index in [0.717, 1.165) is 18.6 Å². The molecule has 2 aromatic rings. The minimum absolute atomic E-state index is 0.236. The number of para-hydroxylation sites is 1. The third-order valence-corrected chi connectivity index (χ3v) is 7.98. The number of aryl methyl sites for hydroxylation is 1. The highest BCUT2D eigenvalue weighted by Crippen LogP contribution is 2.52. The van der Waals surface area contributed by atoms with Gasteiger partial charge >= 0.3 is 0 Å². The molecule has 1 fully saturated rings. The fraction of sp³-hybridized carbons (Fsp3) is 0.400. The first kappa shape index (κ1) is 23.0. The van der Waals surface area contributed by atoms with Crippen LogP contribution in [0.2, 0.25) is 0 Å². The molecule has 1 nitrogen and oxygen atoms in total. The molecule has 0 bridgehead atoms. The van der Waals surface area contributed by atoms with Crippen molar-refractivity contribution < 1.29 is 0 Å². The van der Waals surface area contributed by atoms with E-state index in [2.05, 4.69) is 106 Å². The lowest BCUT2D eigenvalue weighted by atomic mass is 9.60. The van der Waals surface area contributed by atoms with Crippen LogP contribution < -0.4 is 5.32 Å². The van der Waals surface area contributed by atoms with Crippen LogP contribution in [0.3, 0.4) is 0 Å². The summed E-state index contributed by atoms with van der Waals surface area (Å²) in [7, 11) is 0. The van der Waals surface area contributed by atoms with Crippen LogP contribution in [-0.4, -0.2) is 5.75 Å². The summed E-state index contributed by atoms with van der Waals surface area (Å²) in [5.74, 6) is 1.03. The maximum absolute atomic E-state index is 3.81. The maximum Gasteiger partial charge on any atom is 0.0461 e. The minimum atomic E-state index is 0.236. The van der Waals surface area contributed by atoms with E-state index in [1.807, 2.05) is 11.8 Å². The Morgan fingerprint density at radius 3 is 2.16 bits per heavy atom. The Morgan fingerprint density at radius 2 is 1.44 bits per heavy atom. The molecule has 0 saturated heterocycles. The smallest absolute Gasteiger partial charge is 0.0461 e. The van der Waals surface area contributed by atoms with Crippen molar-refractivity contribution >= 4 is 17.4 Å². The first-order valence-corrected chi connectivity index (χ1v) is 13.0. The summed E-state index contributed by atoms with van der Waals surface area (Å²) in [6.45, 7) is 11.9. The lowest BCUT2D eigenvalue weighted by Gasteiger charge is -2.44. The van der Waals surface area contributed by atoms with E-state index in [1.54, 1.807) is 11.1 Å². The highest BCUT2D eigenvalue weighted by molar-refractivity contribution is 8.02. The zero-order valence-corrected chi connectivity index (χ0v) is 21.1. The van der Waals surface area contributed by atoms with Crippen LogP contribution in [0.1, 0.15) is 59.4 Å². The van der Waals surface area contributed by atoms with Crippen molar-refractivity contribution in [2.75, 3.05) is 11.1 Å². The van der Waals surface area contributed by atoms with E-state index in [4.69, 9.17) is 0 Å². The van der Waals surface area contributed by atoms with E-state index in [1.165, 1.54) is 40.9 Å². The molecule has 0 amide bonds. The number of benzene rings is 2. The number of rotatable bonds is 4. The summed E-state index contributed by atoms with van der Waals surface area (Å²) in [5.41, 5.74) is 10.1. The van der Waals surface area contributed by atoms with E-state index in [-0.39, 0.29) is 10.8 Å². The van der Waals surface area contributed by atoms with Crippen molar-refractivity contribution in [2.24, 2.45) is 10.8 Å². The second kappa shape index (κ2) is 9.35. The van der Waals surface area contributed by atoms with Gasteiger partial charge in [-0.1, -0.05) is 89.2 Å². The van der Waals surface area contributed by atoms with Crippen LogP contribution in [0, 0.1) is 10.8 Å². The standard InChI is InChI=1S/C30H37NS/c1-6-22-11-7-8-12-24(22)25-13-9-10-14-28(25)31-23-15-16-26-27(17-20-32-21-23)30(4,5)19-18-29(26,2)3/h7-14,16-17,21,31H,6,15,18-20H2,1-5H3/b23-21+,26-16+,27-17?. The summed E-state index contributed by atoms with van der Waals surface area (Å²) in [4.78, 5) is 0. The van der Waals surface area contributed by atoms with Gasteiger partial charge in [0.2, 0.25) is 0 Å². The lowest BCUT2D eigenvalue weighted by Crippen LogP contribution is -2.32. The van der Waals surface area contributed by atoms with Gasteiger partial charge in [0.15, 0.2) is 0 Å². The Morgan fingerprint density at radius 1 is 0.812 bits per heavy atom. The molecule has 0 unspecified atom stereocenters. The van der Waals surface area contributed by atoms with Gasteiger partial charge in [-0.05, 0) is 63.8 Å². The van der Waals surface area contributed by atoms with Crippen LogP contribution in [0.4, 0.5) is 5.69 Å². The normalized spacial score (nSPS) is 23.2. The van der Waals surface area contributed by atoms with Gasteiger partial charge in [0.1, 0.15) is 0 Å². The van der Waals surface area contributed by atoms with Crippen molar-refractivity contribution in [1.82, 2.24) is 0 Å². The Bertz CT molecular complexity index is 1070. The number of allylic oxidation sites excluding steroid dienone is 3. The molecule has 1 N–H and O–H groups in total. The van der Waals surface area contributed by atoms with Gasteiger partial charge in [-0.2, -0.15) is 0 Å². The molecule has 0 radical (unpaired) electrons. The first-order chi connectivity index (χ1) is 15.3. The number of nitrogens with one attached hydrogen (secondary N) is 1. The largest absolute Gasteiger partial charge is 0.358 e. The van der Waals surface area contributed by atoms with Gasteiger partial charge in [-0.3, -0.25) is 0 Å². The van der Waals surface area contributed by atoms with Gasteiger partial charge in [-0.15, -0.1) is 11.8 Å². The molecular weight excluding hydrogens is 406 g/mol. The second-order valence-electron chi connectivity index (χ2n) is 10.4. The number of hydrogen-bond donors (Lipinski definition) is 1. The predicted molar refractivity (Wildman–Crippen MR) is 143 cm³/mol. The molecule has 4 rings (SSSR count). The van der Waals surface area contributed by atoms with Gasteiger partial charge in [-0.25, -0.2) is 0 Å². The monoisotopic (exact) mass is 443 g/mol. The molecule has 1 aliphatic carbocycles. The van der Waals surface area contributed by atoms with Gasteiger partial charge in [0.05, 0.1) is 0 Å². The van der Waals surface area contributed by atoms with E-state index < -0.39 is 0 Å². The Kier molecular flexibility index (Phi) is 6.72. The van der Waals surface area contributed by atoms with Crippen LogP contribution in [0.15, 0.2) is 82.9 Å². The molecule has 168 valence electrons. The molecule has 2 heteroatoms. The number of thioether (sulfide) groups is 1. The number of hydrogen-bond acceptors (Lipinski definition) is 2. The molecule has 2 aliphatic rings. The Balaban J connectivity index is 1.66. The molecule has 32 heavy (non-hydrogen) atoms. The summed E-state index contributed by atoms with van der Waals surface area (Å²) >= 11 is 1.90. The van der Waals surface area contributed by atoms with Gasteiger partial charge in [0.25, 0.3) is 0 Å². The fourth-order valence-corrected chi connectivity index (χ4v) is 5.82. The van der Waals surface area contributed by atoms with Crippen molar-refractivity contribution in [2.45, 2.75) is 60.3 Å². The molecule has 0 aromatic heterocycles. The summed E-state index contributed by atoms with van der Waals surface area (Å²) in [6.07, 6.45) is 9.47. The average Bonchev–Trinajstić information content (AvgIpc) is 2.89. The number of anilines is 1. The Labute approximate surface area is 199 Å². The second-order valence-corrected chi connectivity index (χ2v) is 11.3. The SMILES string of the molecule is CCc1ccccc1-c1ccccc1N/C1=C/SCC=C2/C(=C\C1)C(C)(C)CCC2(C)C. The van der Waals surface area contributed by atoms with Crippen LogP contribution >= 0.6 is 11.8 Å². The lowest BCUT2D eigenvalue weighted by molar-refractivity contribution is 0.259. The number of fused-ring (bicyclic) bond motifs is 1. The van der Waals surface area contributed by atoms with Crippen molar-refractivity contribution in [3.05, 3.63) is 88.5 Å². The third-order valence-electron chi connectivity index (χ3n) is 7.17. The molecule has 1 saturated carbocycles. The minimum Gasteiger partial charge on any atom is -0.358 e. The van der Waals surface area contributed by atoms with Gasteiger partial charge in [0, 0.05) is 29.1 Å². The van der Waals surface area contributed by atoms with Crippen molar-refractivity contribution in [3.8, 4) is 11.1 Å². The van der Waals surface area contributed by atoms with Crippen molar-refractivity contribution in [1.29, 1.82) is 0 Å². The molecule has 2 aromatic carbocycles. The predicted octanol–water partition coefficient (Wildman–Crippen LogP) is 9.01. The molecule has 1 aliphatic heterocycles. The van der Waals surface area contributed by atoms with Gasteiger partial charge < -0.3 is 5.32 Å². The summed E-state index contributed by atoms with van der Waals surface area (Å²) in [6, 6.07) is 17.5.